The van der Waals surface area contributed by atoms with Crippen molar-refractivity contribution in [3.8, 4) is 0 Å². The highest BCUT2D eigenvalue weighted by atomic mass is 32.2. The molecule has 1 fully saturated rings. The van der Waals surface area contributed by atoms with Crippen LogP contribution in [0.5, 0.6) is 0 Å². The van der Waals surface area contributed by atoms with Crippen molar-refractivity contribution < 1.29 is 18.0 Å². The first kappa shape index (κ1) is 16.0. The fourth-order valence-corrected chi connectivity index (χ4v) is 5.02. The molecule has 0 radical (unpaired) electrons. The maximum atomic E-state index is 11.8. The van der Waals surface area contributed by atoms with Gasteiger partial charge in [0.2, 0.25) is 5.91 Å². The molecule has 116 valence electrons. The van der Waals surface area contributed by atoms with Gasteiger partial charge in [-0.3, -0.25) is 9.59 Å². The Morgan fingerprint density at radius 2 is 2.19 bits per heavy atom. The predicted octanol–water partition coefficient (Wildman–Crippen LogP) is 0.561. The average molecular weight is 330 g/mol. The number of thiophene rings is 1. The van der Waals surface area contributed by atoms with Gasteiger partial charge >= 0.3 is 0 Å². The number of nitrogens with one attached hydrogen (secondary N) is 2. The van der Waals surface area contributed by atoms with Crippen LogP contribution in [0.15, 0.2) is 16.8 Å². The van der Waals surface area contributed by atoms with Gasteiger partial charge in [0.05, 0.1) is 17.0 Å². The molecule has 1 aliphatic rings. The first-order valence-electron chi connectivity index (χ1n) is 6.62. The third-order valence-corrected chi connectivity index (χ3v) is 5.95. The van der Waals surface area contributed by atoms with Crippen molar-refractivity contribution in [1.82, 2.24) is 10.6 Å². The van der Waals surface area contributed by atoms with Gasteiger partial charge in [-0.05, 0) is 24.8 Å². The van der Waals surface area contributed by atoms with Gasteiger partial charge in [0, 0.05) is 23.9 Å². The lowest BCUT2D eigenvalue weighted by Crippen LogP contribution is -2.47. The van der Waals surface area contributed by atoms with Gasteiger partial charge in [0.25, 0.3) is 5.91 Å². The van der Waals surface area contributed by atoms with E-state index in [1.807, 2.05) is 5.38 Å². The Balaban J connectivity index is 1.74. The van der Waals surface area contributed by atoms with Gasteiger partial charge in [0.15, 0.2) is 9.84 Å². The molecule has 1 saturated heterocycles. The highest BCUT2D eigenvalue weighted by Crippen LogP contribution is 2.22. The van der Waals surface area contributed by atoms with E-state index in [4.69, 9.17) is 0 Å². The molecule has 1 atom stereocenters. The monoisotopic (exact) mass is 330 g/mol. The summed E-state index contributed by atoms with van der Waals surface area (Å²) in [5.41, 5.74) is -0.109. The maximum Gasteiger partial charge on any atom is 0.252 e. The molecule has 0 spiro atoms. The van der Waals surface area contributed by atoms with Gasteiger partial charge in [-0.15, -0.1) is 0 Å². The summed E-state index contributed by atoms with van der Waals surface area (Å²) in [6, 6.07) is 1.71. The van der Waals surface area contributed by atoms with Gasteiger partial charge < -0.3 is 10.6 Å². The van der Waals surface area contributed by atoms with E-state index in [-0.39, 0.29) is 36.3 Å². The highest BCUT2D eigenvalue weighted by Gasteiger charge is 2.39. The zero-order chi connectivity index (χ0) is 15.5. The van der Waals surface area contributed by atoms with E-state index in [0.717, 1.165) is 0 Å². The van der Waals surface area contributed by atoms with Gasteiger partial charge in [-0.2, -0.15) is 11.3 Å². The number of hydrogen-bond acceptors (Lipinski definition) is 5. The third-order valence-electron chi connectivity index (χ3n) is 3.37. The van der Waals surface area contributed by atoms with Crippen LogP contribution >= 0.6 is 11.3 Å². The average Bonchev–Trinajstić information content (AvgIpc) is 2.97. The Kier molecular flexibility index (Phi) is 4.67. The van der Waals surface area contributed by atoms with Crippen molar-refractivity contribution in [3.05, 3.63) is 22.4 Å². The molecule has 6 nitrogen and oxygen atoms in total. The summed E-state index contributed by atoms with van der Waals surface area (Å²) in [5, 5.41) is 8.95. The molecular weight excluding hydrogens is 312 g/mol. The lowest BCUT2D eigenvalue weighted by Gasteiger charge is -2.23. The van der Waals surface area contributed by atoms with Crippen LogP contribution in [0.25, 0.3) is 0 Å². The first-order chi connectivity index (χ1) is 9.80. The molecular formula is C13H18N2O4S2. The van der Waals surface area contributed by atoms with Crippen molar-refractivity contribution in [3.63, 3.8) is 0 Å². The molecule has 2 amide bonds. The molecule has 1 aliphatic heterocycles. The molecule has 0 bridgehead atoms. The Morgan fingerprint density at radius 3 is 2.76 bits per heavy atom. The summed E-state index contributed by atoms with van der Waals surface area (Å²) in [5.74, 6) is -0.370. The summed E-state index contributed by atoms with van der Waals surface area (Å²) in [6.07, 6.45) is 0.563. The van der Waals surface area contributed by atoms with Crippen LogP contribution in [0.2, 0.25) is 0 Å². The number of carbonyl (C=O) groups excluding carboxylic acids is 2. The Hall–Kier alpha value is -1.41. The normalized spacial score (nSPS) is 23.7. The second kappa shape index (κ2) is 6.15. The predicted molar refractivity (Wildman–Crippen MR) is 81.1 cm³/mol. The molecule has 1 aromatic rings. The number of hydrogen-bond donors (Lipinski definition) is 2. The smallest absolute Gasteiger partial charge is 0.252 e. The summed E-state index contributed by atoms with van der Waals surface area (Å²) >= 11 is 1.43. The van der Waals surface area contributed by atoms with Crippen LogP contribution in [0, 0.1) is 0 Å². The Morgan fingerprint density at radius 1 is 1.43 bits per heavy atom. The standard InChI is InChI=1S/C13H18N2O4S2/c1-13(4-7-21(18,19)9-13)15-11(16)2-5-14-12(17)10-3-6-20-8-10/h3,6,8H,2,4-5,7,9H2,1H3,(H,14,17)(H,15,16). The molecule has 0 aliphatic carbocycles. The van der Waals surface area contributed by atoms with Gasteiger partial charge in [-0.25, -0.2) is 8.42 Å². The van der Waals surface area contributed by atoms with E-state index < -0.39 is 15.4 Å². The highest BCUT2D eigenvalue weighted by molar-refractivity contribution is 7.91. The lowest BCUT2D eigenvalue weighted by molar-refractivity contribution is -0.122. The fraction of sp³-hybridized carbons (Fsp3) is 0.538. The van der Waals surface area contributed by atoms with Crippen molar-refractivity contribution in [2.45, 2.75) is 25.3 Å². The van der Waals surface area contributed by atoms with E-state index in [1.54, 1.807) is 18.4 Å². The van der Waals surface area contributed by atoms with Gasteiger partial charge in [-0.1, -0.05) is 0 Å². The van der Waals surface area contributed by atoms with E-state index in [9.17, 15) is 18.0 Å². The molecule has 0 aromatic carbocycles. The number of sulfone groups is 1. The number of amides is 2. The summed E-state index contributed by atoms with van der Waals surface area (Å²) < 4.78 is 22.9. The van der Waals surface area contributed by atoms with Crippen molar-refractivity contribution in [2.75, 3.05) is 18.1 Å². The zero-order valence-corrected chi connectivity index (χ0v) is 13.4. The molecule has 1 aromatic heterocycles. The van der Waals surface area contributed by atoms with Crippen LogP contribution in [0.3, 0.4) is 0 Å². The van der Waals surface area contributed by atoms with E-state index in [1.165, 1.54) is 11.3 Å². The minimum atomic E-state index is -3.05. The van der Waals surface area contributed by atoms with Crippen molar-refractivity contribution in [1.29, 1.82) is 0 Å². The zero-order valence-electron chi connectivity index (χ0n) is 11.7. The molecule has 2 rings (SSSR count). The fourth-order valence-electron chi connectivity index (χ4n) is 2.29. The third kappa shape index (κ3) is 4.53. The van der Waals surface area contributed by atoms with Crippen LogP contribution < -0.4 is 10.6 Å². The van der Waals surface area contributed by atoms with Crippen LogP contribution in [-0.4, -0.2) is 43.8 Å². The minimum Gasteiger partial charge on any atom is -0.351 e. The van der Waals surface area contributed by atoms with Crippen LogP contribution in [-0.2, 0) is 14.6 Å². The molecule has 2 heterocycles. The van der Waals surface area contributed by atoms with Crippen molar-refractivity contribution in [2.24, 2.45) is 0 Å². The second-order valence-corrected chi connectivity index (χ2v) is 8.43. The Labute approximate surface area is 127 Å². The van der Waals surface area contributed by atoms with Crippen LogP contribution in [0.1, 0.15) is 30.1 Å². The van der Waals surface area contributed by atoms with Crippen molar-refractivity contribution >= 4 is 33.0 Å². The van der Waals surface area contributed by atoms with Gasteiger partial charge in [0.1, 0.15) is 0 Å². The first-order valence-corrected chi connectivity index (χ1v) is 9.38. The van der Waals surface area contributed by atoms with E-state index in [0.29, 0.717) is 12.0 Å². The molecule has 8 heteroatoms. The Bertz CT molecular complexity index is 625. The molecule has 21 heavy (non-hydrogen) atoms. The largest absolute Gasteiger partial charge is 0.351 e. The molecule has 2 N–H and O–H groups in total. The van der Waals surface area contributed by atoms with E-state index >= 15 is 0 Å². The summed E-state index contributed by atoms with van der Waals surface area (Å²) in [4.78, 5) is 23.5. The quantitative estimate of drug-likeness (QED) is 0.825. The second-order valence-electron chi connectivity index (χ2n) is 5.47. The number of carbonyl (C=O) groups is 2. The summed E-state index contributed by atoms with van der Waals surface area (Å²) in [6.45, 7) is 1.96. The lowest BCUT2D eigenvalue weighted by atomic mass is 10.0. The topological polar surface area (TPSA) is 92.3 Å². The molecule has 1 unspecified atom stereocenters. The number of rotatable bonds is 5. The maximum absolute atomic E-state index is 11.8. The summed E-state index contributed by atoms with van der Waals surface area (Å²) in [7, 11) is -3.05. The van der Waals surface area contributed by atoms with Crippen LogP contribution in [0.4, 0.5) is 0 Å². The molecule has 0 saturated carbocycles. The van der Waals surface area contributed by atoms with E-state index in [2.05, 4.69) is 10.6 Å². The SMILES string of the molecule is CC1(NC(=O)CCNC(=O)c2ccsc2)CCS(=O)(=O)C1. The minimum absolute atomic E-state index is 0.0208.